The predicted molar refractivity (Wildman–Crippen MR) is 134 cm³/mol. The highest BCUT2D eigenvalue weighted by molar-refractivity contribution is 5.69. The van der Waals surface area contributed by atoms with Crippen LogP contribution in [0.25, 0.3) is 0 Å². The molecule has 2 rings (SSSR count). The van der Waals surface area contributed by atoms with Crippen molar-refractivity contribution in [3.05, 3.63) is 40.3 Å². The summed E-state index contributed by atoms with van der Waals surface area (Å²) in [4.78, 5) is 23.0. The number of aryl methyl sites for hydroxylation is 2. The zero-order valence-corrected chi connectivity index (χ0v) is 20.9. The molecule has 0 aromatic heterocycles. The van der Waals surface area contributed by atoms with Gasteiger partial charge in [0, 0.05) is 6.42 Å². The van der Waals surface area contributed by atoms with Gasteiger partial charge in [0.25, 0.3) is 0 Å². The first kappa shape index (κ1) is 29.4. The number of hydrogen-bond donors (Lipinski definition) is 4. The van der Waals surface area contributed by atoms with E-state index < -0.39 is 31.0 Å². The van der Waals surface area contributed by atoms with Gasteiger partial charge in [0.1, 0.15) is 12.7 Å². The molecule has 0 aliphatic heterocycles. The Bertz CT molecular complexity index is 759. The van der Waals surface area contributed by atoms with Gasteiger partial charge in [0.15, 0.2) is 0 Å². The highest BCUT2D eigenvalue weighted by Crippen LogP contribution is 2.41. The van der Waals surface area contributed by atoms with Gasteiger partial charge < -0.3 is 25.2 Å². The lowest BCUT2D eigenvalue weighted by atomic mass is 9.84. The first-order valence-electron chi connectivity index (χ1n) is 13.0. The summed E-state index contributed by atoms with van der Waals surface area (Å²) < 4.78 is 4.89. The van der Waals surface area contributed by atoms with Crippen LogP contribution in [0.1, 0.15) is 75.3 Å². The lowest BCUT2D eigenvalue weighted by Gasteiger charge is -2.24. The van der Waals surface area contributed by atoms with Crippen molar-refractivity contribution in [2.45, 2.75) is 102 Å². The van der Waals surface area contributed by atoms with Crippen LogP contribution in [0.4, 0.5) is 0 Å². The summed E-state index contributed by atoms with van der Waals surface area (Å²) in [6.07, 6.45) is 5.51. The number of unbranched alkanes of at least 4 members (excludes halogenated alkanes) is 3. The molecule has 2 unspecified atom stereocenters. The Kier molecular flexibility index (Phi) is 13.4. The van der Waals surface area contributed by atoms with E-state index in [1.165, 1.54) is 11.1 Å². The second kappa shape index (κ2) is 16.0. The quantitative estimate of drug-likeness (QED) is 0.148. The third kappa shape index (κ3) is 10.3. The van der Waals surface area contributed by atoms with Crippen LogP contribution < -0.4 is 0 Å². The van der Waals surface area contributed by atoms with Crippen LogP contribution in [0.2, 0.25) is 0 Å². The molecule has 1 aliphatic rings. The molecule has 1 aromatic carbocycles. The number of rotatable bonds is 17. The number of benzene rings is 1. The number of hydrogen-bond acceptors (Lipinski definition) is 8. The van der Waals surface area contributed by atoms with E-state index >= 15 is 0 Å². The number of carbonyl (C=O) groups is 1. The van der Waals surface area contributed by atoms with Gasteiger partial charge in [-0.25, -0.2) is 0 Å². The van der Waals surface area contributed by atoms with E-state index in [-0.39, 0.29) is 30.8 Å². The average Bonchev–Trinajstić information content (AvgIpc) is 3.16. The molecule has 0 amide bonds. The first-order chi connectivity index (χ1) is 16.8. The van der Waals surface area contributed by atoms with E-state index in [1.807, 2.05) is 12.1 Å². The average molecular weight is 494 g/mol. The number of esters is 1. The number of nitroso groups, excluding NO2 is 1. The van der Waals surface area contributed by atoms with Crippen LogP contribution in [0.3, 0.4) is 0 Å². The topological polar surface area (TPSA) is 137 Å². The minimum Gasteiger partial charge on any atom is -0.463 e. The maximum Gasteiger partial charge on any atom is 0.305 e. The molecule has 8 nitrogen and oxygen atoms in total. The molecular weight excluding hydrogens is 450 g/mol. The second-order valence-corrected chi connectivity index (χ2v) is 9.97. The fourth-order valence-electron chi connectivity index (χ4n) is 5.16. The van der Waals surface area contributed by atoms with E-state index in [4.69, 9.17) is 9.84 Å². The number of aliphatic hydroxyl groups is 4. The molecule has 1 aromatic rings. The molecule has 0 radical (unpaired) electrons. The highest BCUT2D eigenvalue weighted by atomic mass is 16.5. The van der Waals surface area contributed by atoms with E-state index in [1.54, 1.807) is 0 Å². The Morgan fingerprint density at radius 1 is 1.06 bits per heavy atom. The van der Waals surface area contributed by atoms with E-state index in [0.29, 0.717) is 32.1 Å². The molecule has 0 spiro atoms. The van der Waals surface area contributed by atoms with Crippen LogP contribution in [0, 0.1) is 23.7 Å². The lowest BCUT2D eigenvalue weighted by molar-refractivity contribution is -0.147. The van der Waals surface area contributed by atoms with Crippen LogP contribution in [0.15, 0.2) is 29.4 Å². The number of carbonyl (C=O) groups excluding carboxylic acids is 1. The summed E-state index contributed by atoms with van der Waals surface area (Å²) in [5.74, 6) is -0.389. The van der Waals surface area contributed by atoms with Gasteiger partial charge in [0.2, 0.25) is 0 Å². The fourth-order valence-corrected chi connectivity index (χ4v) is 5.16. The zero-order valence-electron chi connectivity index (χ0n) is 20.9. The van der Waals surface area contributed by atoms with Crippen molar-refractivity contribution in [2.75, 3.05) is 13.2 Å². The summed E-state index contributed by atoms with van der Waals surface area (Å²) in [5, 5.41) is 42.3. The van der Waals surface area contributed by atoms with Crippen molar-refractivity contribution in [1.82, 2.24) is 0 Å². The standard InChI is InChI=1S/C27H43NO7/c1-19-8-6-7-9-20(19)12-13-21(30)14-15-23-24(26(32)16-25(23)28-34)10-4-2-3-5-11-27(33)35-18-22(31)17-29/h6-9,21-26,29-32H,2-5,10-18H2,1H3/t21-,22?,23+,24+,25?,26-/m0/s1. The molecule has 1 aliphatic carbocycles. The molecule has 1 saturated carbocycles. The minimum atomic E-state index is -1.04. The molecular formula is C27H43NO7. The van der Waals surface area contributed by atoms with Gasteiger partial charge in [-0.05, 0) is 74.8 Å². The molecule has 198 valence electrons. The number of nitrogens with zero attached hydrogens (tertiary/aromatic N) is 1. The van der Waals surface area contributed by atoms with Crippen molar-refractivity contribution in [3.63, 3.8) is 0 Å². The molecule has 8 heteroatoms. The monoisotopic (exact) mass is 493 g/mol. The zero-order chi connectivity index (χ0) is 25.6. The predicted octanol–water partition coefficient (Wildman–Crippen LogP) is 3.44. The molecule has 6 atom stereocenters. The van der Waals surface area contributed by atoms with Gasteiger partial charge in [-0.1, -0.05) is 48.7 Å². The van der Waals surface area contributed by atoms with Gasteiger partial charge in [-0.3, -0.25) is 4.79 Å². The van der Waals surface area contributed by atoms with Crippen molar-refractivity contribution in [1.29, 1.82) is 0 Å². The lowest BCUT2D eigenvalue weighted by Crippen LogP contribution is -2.23. The maximum atomic E-state index is 11.6. The largest absolute Gasteiger partial charge is 0.463 e. The molecule has 4 N–H and O–H groups in total. The Morgan fingerprint density at radius 3 is 2.51 bits per heavy atom. The van der Waals surface area contributed by atoms with Gasteiger partial charge in [-0.15, -0.1) is 0 Å². The Hall–Kier alpha value is -1.87. The Morgan fingerprint density at radius 2 is 1.80 bits per heavy atom. The van der Waals surface area contributed by atoms with Crippen molar-refractivity contribution in [3.8, 4) is 0 Å². The number of ether oxygens (including phenoxy) is 1. The first-order valence-corrected chi connectivity index (χ1v) is 13.0. The summed E-state index contributed by atoms with van der Waals surface area (Å²) in [7, 11) is 0. The molecule has 35 heavy (non-hydrogen) atoms. The fraction of sp³-hybridized carbons (Fsp3) is 0.741. The van der Waals surface area contributed by atoms with E-state index in [9.17, 15) is 25.0 Å². The van der Waals surface area contributed by atoms with Crippen molar-refractivity contribution in [2.24, 2.45) is 17.0 Å². The molecule has 1 fully saturated rings. The molecule has 0 heterocycles. The van der Waals surface area contributed by atoms with Crippen molar-refractivity contribution >= 4 is 5.97 Å². The Labute approximate surface area is 208 Å². The van der Waals surface area contributed by atoms with E-state index in [0.717, 1.165) is 32.1 Å². The second-order valence-electron chi connectivity index (χ2n) is 9.97. The summed E-state index contributed by atoms with van der Waals surface area (Å²) in [6, 6.07) is 7.78. The summed E-state index contributed by atoms with van der Waals surface area (Å²) in [6.45, 7) is 1.44. The van der Waals surface area contributed by atoms with Crippen LogP contribution in [-0.4, -0.2) is 64.0 Å². The maximum absolute atomic E-state index is 11.6. The third-order valence-corrected chi connectivity index (χ3v) is 7.31. The Balaban J connectivity index is 1.69. The highest BCUT2D eigenvalue weighted by Gasteiger charge is 2.42. The molecule has 0 bridgehead atoms. The number of aliphatic hydroxyl groups excluding tert-OH is 4. The van der Waals surface area contributed by atoms with E-state index in [2.05, 4.69) is 24.2 Å². The minimum absolute atomic E-state index is 0.00574. The smallest absolute Gasteiger partial charge is 0.305 e. The van der Waals surface area contributed by atoms with Crippen molar-refractivity contribution < 1.29 is 30.0 Å². The van der Waals surface area contributed by atoms with Crippen LogP contribution in [-0.2, 0) is 16.0 Å². The molecule has 0 saturated heterocycles. The van der Waals surface area contributed by atoms with Crippen LogP contribution in [0.5, 0.6) is 0 Å². The van der Waals surface area contributed by atoms with Gasteiger partial charge >= 0.3 is 5.97 Å². The summed E-state index contributed by atoms with van der Waals surface area (Å²) >= 11 is 0. The normalized spacial score (nSPS) is 23.7. The third-order valence-electron chi connectivity index (χ3n) is 7.31. The van der Waals surface area contributed by atoms with Gasteiger partial charge in [0.05, 0.1) is 24.9 Å². The van der Waals surface area contributed by atoms with Gasteiger partial charge in [-0.2, -0.15) is 4.91 Å². The van der Waals surface area contributed by atoms with Crippen LogP contribution >= 0.6 is 0 Å². The summed E-state index contributed by atoms with van der Waals surface area (Å²) in [5.41, 5.74) is 2.46. The SMILES string of the molecule is Cc1ccccc1CC[C@H](O)CC[C@H]1C(N=O)C[C@H](O)[C@@H]1CCCCCCC(=O)OCC(O)CO.